The molecule has 0 aliphatic rings. The van der Waals surface area contributed by atoms with Crippen LogP contribution in [0.4, 0.5) is 0 Å². The SMILES string of the molecule is C[NH+](C)Cc1ccccc1CNC(=O)CCCn1c(=O)oc2ccccc21. The van der Waals surface area contributed by atoms with Crippen LogP contribution in [-0.2, 0) is 24.4 Å². The molecule has 0 aliphatic carbocycles. The van der Waals surface area contributed by atoms with Gasteiger partial charge in [0.25, 0.3) is 0 Å². The molecule has 2 N–H and O–H groups in total. The second kappa shape index (κ2) is 8.68. The van der Waals surface area contributed by atoms with E-state index in [4.69, 9.17) is 4.42 Å². The quantitative estimate of drug-likeness (QED) is 0.630. The van der Waals surface area contributed by atoms with Crippen LogP contribution >= 0.6 is 0 Å². The molecule has 27 heavy (non-hydrogen) atoms. The molecule has 1 heterocycles. The average Bonchev–Trinajstić information content (AvgIpc) is 2.96. The summed E-state index contributed by atoms with van der Waals surface area (Å²) in [6, 6.07) is 15.5. The van der Waals surface area contributed by atoms with Crippen LogP contribution in [0.15, 0.2) is 57.7 Å². The number of para-hydroxylation sites is 2. The number of aryl methyl sites for hydroxylation is 1. The summed E-state index contributed by atoms with van der Waals surface area (Å²) in [4.78, 5) is 25.5. The minimum atomic E-state index is -0.378. The van der Waals surface area contributed by atoms with E-state index in [-0.39, 0.29) is 11.7 Å². The lowest BCUT2D eigenvalue weighted by molar-refractivity contribution is -0.872. The van der Waals surface area contributed by atoms with Crippen LogP contribution < -0.4 is 16.0 Å². The monoisotopic (exact) mass is 368 g/mol. The van der Waals surface area contributed by atoms with E-state index in [0.29, 0.717) is 31.5 Å². The predicted octanol–water partition coefficient (Wildman–Crippen LogP) is 1.34. The number of nitrogens with zero attached hydrogens (tertiary/aromatic N) is 1. The van der Waals surface area contributed by atoms with E-state index in [0.717, 1.165) is 17.6 Å². The van der Waals surface area contributed by atoms with Crippen molar-refractivity contribution in [3.8, 4) is 0 Å². The molecule has 0 bridgehead atoms. The van der Waals surface area contributed by atoms with E-state index in [9.17, 15) is 9.59 Å². The van der Waals surface area contributed by atoms with Crippen molar-refractivity contribution in [1.29, 1.82) is 0 Å². The van der Waals surface area contributed by atoms with Gasteiger partial charge in [0.05, 0.1) is 19.6 Å². The van der Waals surface area contributed by atoms with Crippen molar-refractivity contribution in [1.82, 2.24) is 9.88 Å². The molecule has 1 aromatic heterocycles. The third kappa shape index (κ3) is 4.86. The first-order valence-corrected chi connectivity index (χ1v) is 9.25. The first kappa shape index (κ1) is 18.9. The maximum absolute atomic E-state index is 12.2. The lowest BCUT2D eigenvalue weighted by Gasteiger charge is -2.13. The van der Waals surface area contributed by atoms with E-state index in [1.54, 1.807) is 10.6 Å². The van der Waals surface area contributed by atoms with Gasteiger partial charge in [-0.3, -0.25) is 9.36 Å². The number of hydrogen-bond acceptors (Lipinski definition) is 3. The van der Waals surface area contributed by atoms with Crippen molar-refractivity contribution >= 4 is 17.0 Å². The van der Waals surface area contributed by atoms with Crippen molar-refractivity contribution in [3.05, 3.63) is 70.2 Å². The van der Waals surface area contributed by atoms with Gasteiger partial charge in [0.2, 0.25) is 5.91 Å². The molecule has 142 valence electrons. The Morgan fingerprint density at radius 2 is 1.78 bits per heavy atom. The molecule has 0 saturated carbocycles. The molecule has 6 heteroatoms. The van der Waals surface area contributed by atoms with Crippen LogP contribution in [0.2, 0.25) is 0 Å². The van der Waals surface area contributed by atoms with Crippen LogP contribution in [-0.4, -0.2) is 24.6 Å². The zero-order valence-corrected chi connectivity index (χ0v) is 15.8. The van der Waals surface area contributed by atoms with E-state index in [2.05, 4.69) is 31.5 Å². The third-order valence-electron chi connectivity index (χ3n) is 4.50. The van der Waals surface area contributed by atoms with E-state index >= 15 is 0 Å². The molecule has 0 radical (unpaired) electrons. The van der Waals surface area contributed by atoms with Crippen molar-refractivity contribution in [2.24, 2.45) is 0 Å². The summed E-state index contributed by atoms with van der Waals surface area (Å²) in [7, 11) is 4.22. The molecule has 0 unspecified atom stereocenters. The van der Waals surface area contributed by atoms with Crippen LogP contribution in [0.3, 0.4) is 0 Å². The molecule has 0 fully saturated rings. The minimum absolute atomic E-state index is 0.0112. The zero-order chi connectivity index (χ0) is 19.2. The Balaban J connectivity index is 1.52. The largest absolute Gasteiger partial charge is 0.419 e. The molecule has 6 nitrogen and oxygen atoms in total. The number of nitrogens with one attached hydrogen (secondary N) is 2. The highest BCUT2D eigenvalue weighted by atomic mass is 16.4. The van der Waals surface area contributed by atoms with Gasteiger partial charge >= 0.3 is 5.76 Å². The fraction of sp³-hybridized carbons (Fsp3) is 0.333. The topological polar surface area (TPSA) is 68.7 Å². The summed E-state index contributed by atoms with van der Waals surface area (Å²) in [5.74, 6) is -0.389. The van der Waals surface area contributed by atoms with Crippen molar-refractivity contribution in [2.45, 2.75) is 32.5 Å². The summed E-state index contributed by atoms with van der Waals surface area (Å²) >= 11 is 0. The van der Waals surface area contributed by atoms with Gasteiger partial charge in [-0.15, -0.1) is 0 Å². The van der Waals surface area contributed by atoms with Crippen molar-refractivity contribution in [2.75, 3.05) is 14.1 Å². The molecule has 1 amide bonds. The highest BCUT2D eigenvalue weighted by molar-refractivity contribution is 5.76. The first-order chi connectivity index (χ1) is 13.0. The summed E-state index contributed by atoms with van der Waals surface area (Å²) < 4.78 is 6.79. The van der Waals surface area contributed by atoms with Gasteiger partial charge in [0.15, 0.2) is 5.58 Å². The van der Waals surface area contributed by atoms with Crippen LogP contribution in [0.5, 0.6) is 0 Å². The van der Waals surface area contributed by atoms with Gasteiger partial charge in [-0.2, -0.15) is 0 Å². The Kier molecular flexibility index (Phi) is 6.08. The van der Waals surface area contributed by atoms with Crippen LogP contribution in [0, 0.1) is 0 Å². The smallest absolute Gasteiger partial charge is 0.408 e. The third-order valence-corrected chi connectivity index (χ3v) is 4.50. The van der Waals surface area contributed by atoms with E-state index < -0.39 is 0 Å². The Labute approximate surface area is 158 Å². The number of fused-ring (bicyclic) bond motifs is 1. The van der Waals surface area contributed by atoms with Gasteiger partial charge in [0, 0.05) is 25.1 Å². The number of carbonyl (C=O) groups is 1. The molecule has 0 aliphatic heterocycles. The summed E-state index contributed by atoms with van der Waals surface area (Å²) in [5.41, 5.74) is 3.73. The fourth-order valence-corrected chi connectivity index (χ4v) is 3.19. The Morgan fingerprint density at radius 1 is 1.07 bits per heavy atom. The van der Waals surface area contributed by atoms with E-state index in [1.165, 1.54) is 10.5 Å². The zero-order valence-electron chi connectivity index (χ0n) is 15.8. The summed E-state index contributed by atoms with van der Waals surface area (Å²) in [6.45, 7) is 1.91. The number of quaternary nitrogens is 1. The number of amides is 1. The van der Waals surface area contributed by atoms with Gasteiger partial charge in [-0.05, 0) is 24.1 Å². The van der Waals surface area contributed by atoms with Gasteiger partial charge < -0.3 is 14.6 Å². The minimum Gasteiger partial charge on any atom is -0.408 e. The average molecular weight is 368 g/mol. The Hall–Kier alpha value is -2.86. The Bertz CT molecular complexity index is 972. The molecule has 0 saturated heterocycles. The highest BCUT2D eigenvalue weighted by Crippen LogP contribution is 2.12. The predicted molar refractivity (Wildman–Crippen MR) is 105 cm³/mol. The summed E-state index contributed by atoms with van der Waals surface area (Å²) in [6.07, 6.45) is 0.950. The van der Waals surface area contributed by atoms with E-state index in [1.807, 2.05) is 30.3 Å². The first-order valence-electron chi connectivity index (χ1n) is 9.25. The van der Waals surface area contributed by atoms with Crippen molar-refractivity contribution in [3.63, 3.8) is 0 Å². The Morgan fingerprint density at radius 3 is 2.56 bits per heavy atom. The molecule has 0 spiro atoms. The number of benzene rings is 2. The molecular weight excluding hydrogens is 342 g/mol. The summed E-state index contributed by atoms with van der Waals surface area (Å²) in [5, 5.41) is 2.99. The lowest BCUT2D eigenvalue weighted by Crippen LogP contribution is -3.04. The molecule has 3 aromatic rings. The number of carbonyl (C=O) groups excluding carboxylic acids is 1. The fourth-order valence-electron chi connectivity index (χ4n) is 3.19. The van der Waals surface area contributed by atoms with Crippen LogP contribution in [0.1, 0.15) is 24.0 Å². The second-order valence-electron chi connectivity index (χ2n) is 7.02. The number of oxazole rings is 1. The van der Waals surface area contributed by atoms with Gasteiger partial charge in [-0.25, -0.2) is 4.79 Å². The molecule has 3 rings (SSSR count). The number of hydrogen-bond donors (Lipinski definition) is 2. The normalized spacial score (nSPS) is 11.2. The highest BCUT2D eigenvalue weighted by Gasteiger charge is 2.10. The van der Waals surface area contributed by atoms with Gasteiger partial charge in [0.1, 0.15) is 6.54 Å². The molecular formula is C21H26N3O3+. The van der Waals surface area contributed by atoms with Crippen molar-refractivity contribution < 1.29 is 14.1 Å². The van der Waals surface area contributed by atoms with Gasteiger partial charge in [-0.1, -0.05) is 36.4 Å². The standard InChI is InChI=1S/C21H25N3O3/c1-23(2)15-17-9-4-3-8-16(17)14-22-20(25)12-7-13-24-18-10-5-6-11-19(18)27-21(24)26/h3-6,8-11H,7,12-15H2,1-2H3,(H,22,25)/p+1. The molecule has 0 atom stereocenters. The number of aromatic nitrogens is 1. The maximum atomic E-state index is 12.2. The second-order valence-corrected chi connectivity index (χ2v) is 7.02. The maximum Gasteiger partial charge on any atom is 0.419 e. The molecule has 2 aromatic carbocycles. The number of rotatable bonds is 8. The lowest BCUT2D eigenvalue weighted by atomic mass is 10.1. The van der Waals surface area contributed by atoms with Crippen LogP contribution in [0.25, 0.3) is 11.1 Å².